The number of aromatic nitrogens is 4. The molecule has 2 aromatic carbocycles. The molecule has 1 heterocycles. The number of benzene rings is 2. The van der Waals surface area contributed by atoms with E-state index < -0.39 is 0 Å². The molecule has 3 aromatic rings. The molecule has 0 spiro atoms. The number of nitrogens with one attached hydrogen (secondary N) is 1. The molecule has 0 radical (unpaired) electrons. The molecule has 4 rings (SSSR count). The lowest BCUT2D eigenvalue weighted by atomic mass is 9.90. The number of hydrogen-bond acceptors (Lipinski definition) is 4. The van der Waals surface area contributed by atoms with Gasteiger partial charge in [-0.3, -0.25) is 0 Å². The van der Waals surface area contributed by atoms with Crippen LogP contribution in [-0.2, 0) is 0 Å². The van der Waals surface area contributed by atoms with Gasteiger partial charge < -0.3 is 4.90 Å². The van der Waals surface area contributed by atoms with E-state index >= 15 is 0 Å². The average molecular weight is 317 g/mol. The molecule has 0 saturated heterocycles. The van der Waals surface area contributed by atoms with Crippen molar-refractivity contribution in [3.63, 3.8) is 0 Å². The Hall–Kier alpha value is -2.79. The van der Waals surface area contributed by atoms with Gasteiger partial charge in [0.15, 0.2) is 0 Å². The van der Waals surface area contributed by atoms with Crippen molar-refractivity contribution in [1.29, 1.82) is 0 Å². The van der Waals surface area contributed by atoms with Crippen molar-refractivity contribution in [2.45, 2.75) is 5.92 Å². The fourth-order valence-corrected chi connectivity index (χ4v) is 3.32. The number of tetrazole rings is 1. The molecule has 1 aliphatic rings. The third-order valence-corrected chi connectivity index (χ3v) is 4.30. The molecule has 120 valence electrons. The Morgan fingerprint density at radius 3 is 2.79 bits per heavy atom. The molecule has 0 bridgehead atoms. The van der Waals surface area contributed by atoms with Gasteiger partial charge in [0.25, 0.3) is 0 Å². The minimum absolute atomic E-state index is 0.234. The van der Waals surface area contributed by atoms with E-state index in [1.54, 1.807) is 0 Å². The van der Waals surface area contributed by atoms with E-state index in [0.29, 0.717) is 5.82 Å². The molecule has 5 heteroatoms. The standard InChI is InChI=1S/C19H19N5/c1-24(2)12-13-7-8-15(11-13)17-10-9-14-5-3-4-6-16(14)18(17)19-20-22-23-21-19/h3-11,15H,12H2,1-2H3,(H,20,21,22,23). The SMILES string of the molecule is CN(C)CC1=CC(c2ccc3ccccc3c2-c2nn[nH]n2)C=C1. The molecule has 1 aliphatic carbocycles. The number of hydrogen-bond donors (Lipinski definition) is 1. The van der Waals surface area contributed by atoms with Gasteiger partial charge in [0, 0.05) is 18.0 Å². The van der Waals surface area contributed by atoms with E-state index in [-0.39, 0.29) is 5.92 Å². The molecule has 1 atom stereocenters. The Morgan fingerprint density at radius 2 is 2.00 bits per heavy atom. The van der Waals surface area contributed by atoms with Gasteiger partial charge in [-0.05, 0) is 41.2 Å². The Kier molecular flexibility index (Phi) is 3.70. The van der Waals surface area contributed by atoms with Crippen LogP contribution < -0.4 is 0 Å². The summed E-state index contributed by atoms with van der Waals surface area (Å²) in [7, 11) is 4.17. The summed E-state index contributed by atoms with van der Waals surface area (Å²) in [5.41, 5.74) is 3.59. The molecule has 0 aliphatic heterocycles. The molecular weight excluding hydrogens is 298 g/mol. The van der Waals surface area contributed by atoms with Crippen molar-refractivity contribution >= 4 is 10.8 Å². The van der Waals surface area contributed by atoms with Gasteiger partial charge >= 0.3 is 0 Å². The molecule has 0 fully saturated rings. The van der Waals surface area contributed by atoms with Crippen molar-refractivity contribution in [2.75, 3.05) is 20.6 Å². The van der Waals surface area contributed by atoms with Crippen molar-refractivity contribution in [2.24, 2.45) is 0 Å². The predicted molar refractivity (Wildman–Crippen MR) is 95.6 cm³/mol. The molecule has 0 amide bonds. The van der Waals surface area contributed by atoms with E-state index in [1.807, 2.05) is 12.1 Å². The van der Waals surface area contributed by atoms with Crippen LogP contribution >= 0.6 is 0 Å². The van der Waals surface area contributed by atoms with E-state index in [1.165, 1.54) is 16.5 Å². The van der Waals surface area contributed by atoms with Crippen LogP contribution in [0.3, 0.4) is 0 Å². The minimum atomic E-state index is 0.234. The molecule has 5 nitrogen and oxygen atoms in total. The number of allylic oxidation sites excluding steroid dienone is 2. The summed E-state index contributed by atoms with van der Waals surface area (Å²) >= 11 is 0. The summed E-state index contributed by atoms with van der Waals surface area (Å²) in [6, 6.07) is 12.7. The van der Waals surface area contributed by atoms with E-state index in [4.69, 9.17) is 0 Å². The first kappa shape index (κ1) is 14.8. The number of aromatic amines is 1. The number of nitrogens with zero attached hydrogens (tertiary/aromatic N) is 4. The maximum Gasteiger partial charge on any atom is 0.205 e. The Bertz CT molecular complexity index is 922. The first-order valence-corrected chi connectivity index (χ1v) is 8.01. The molecule has 1 unspecified atom stereocenters. The molecule has 1 N–H and O–H groups in total. The Morgan fingerprint density at radius 1 is 1.12 bits per heavy atom. The zero-order chi connectivity index (χ0) is 16.5. The van der Waals surface area contributed by atoms with Crippen LogP contribution in [0.5, 0.6) is 0 Å². The third-order valence-electron chi connectivity index (χ3n) is 4.30. The molecule has 24 heavy (non-hydrogen) atoms. The van der Waals surface area contributed by atoms with Crippen LogP contribution in [0.15, 0.2) is 60.2 Å². The first-order valence-electron chi connectivity index (χ1n) is 8.01. The number of fused-ring (bicyclic) bond motifs is 1. The second-order valence-corrected chi connectivity index (χ2v) is 6.35. The van der Waals surface area contributed by atoms with Gasteiger partial charge in [0.05, 0.1) is 0 Å². The zero-order valence-corrected chi connectivity index (χ0v) is 13.8. The second-order valence-electron chi connectivity index (χ2n) is 6.35. The normalized spacial score (nSPS) is 17.0. The summed E-state index contributed by atoms with van der Waals surface area (Å²) in [4.78, 5) is 2.18. The van der Waals surface area contributed by atoms with Crippen LogP contribution in [0.25, 0.3) is 22.2 Å². The van der Waals surface area contributed by atoms with Gasteiger partial charge in [0.2, 0.25) is 5.82 Å². The largest absolute Gasteiger partial charge is 0.305 e. The van der Waals surface area contributed by atoms with Crippen molar-refractivity contribution in [3.05, 3.63) is 65.8 Å². The van der Waals surface area contributed by atoms with E-state index in [9.17, 15) is 0 Å². The average Bonchev–Trinajstić information content (AvgIpc) is 3.25. The second kappa shape index (κ2) is 6.02. The Labute approximate surface area is 140 Å². The van der Waals surface area contributed by atoms with Gasteiger partial charge in [-0.2, -0.15) is 5.21 Å². The van der Waals surface area contributed by atoms with E-state index in [0.717, 1.165) is 17.5 Å². The molecule has 0 saturated carbocycles. The van der Waals surface area contributed by atoms with Gasteiger partial charge in [-0.1, -0.05) is 54.6 Å². The number of H-pyrrole nitrogens is 1. The number of likely N-dealkylation sites (N-methyl/N-ethyl adjacent to an activating group) is 1. The van der Waals surface area contributed by atoms with Gasteiger partial charge in [-0.25, -0.2) is 0 Å². The van der Waals surface area contributed by atoms with Crippen LogP contribution in [0.4, 0.5) is 0 Å². The predicted octanol–water partition coefficient (Wildman–Crippen LogP) is 3.16. The lowest BCUT2D eigenvalue weighted by Crippen LogP contribution is -2.13. The van der Waals surface area contributed by atoms with Crippen LogP contribution in [0.1, 0.15) is 11.5 Å². The maximum absolute atomic E-state index is 4.24. The minimum Gasteiger partial charge on any atom is -0.305 e. The van der Waals surface area contributed by atoms with Crippen LogP contribution in [-0.4, -0.2) is 46.2 Å². The van der Waals surface area contributed by atoms with Crippen molar-refractivity contribution in [3.8, 4) is 11.4 Å². The van der Waals surface area contributed by atoms with Crippen molar-refractivity contribution < 1.29 is 0 Å². The highest BCUT2D eigenvalue weighted by molar-refractivity contribution is 5.97. The highest BCUT2D eigenvalue weighted by Crippen LogP contribution is 2.37. The summed E-state index contributed by atoms with van der Waals surface area (Å²) in [5.74, 6) is 0.878. The molecule has 1 aromatic heterocycles. The quantitative estimate of drug-likeness (QED) is 0.803. The smallest absolute Gasteiger partial charge is 0.205 e. The summed E-state index contributed by atoms with van der Waals surface area (Å²) in [5, 5.41) is 17.1. The zero-order valence-electron chi connectivity index (χ0n) is 13.8. The summed E-state index contributed by atoms with van der Waals surface area (Å²) in [6.45, 7) is 0.943. The first-order chi connectivity index (χ1) is 11.7. The lowest BCUT2D eigenvalue weighted by molar-refractivity contribution is 0.449. The van der Waals surface area contributed by atoms with Crippen molar-refractivity contribution in [1.82, 2.24) is 25.5 Å². The van der Waals surface area contributed by atoms with Gasteiger partial charge in [-0.15, -0.1) is 10.2 Å². The monoisotopic (exact) mass is 317 g/mol. The lowest BCUT2D eigenvalue weighted by Gasteiger charge is -2.14. The Balaban J connectivity index is 1.86. The van der Waals surface area contributed by atoms with Gasteiger partial charge in [0.1, 0.15) is 0 Å². The van der Waals surface area contributed by atoms with E-state index in [2.05, 4.69) is 82.1 Å². The maximum atomic E-state index is 4.24. The highest BCUT2D eigenvalue weighted by Gasteiger charge is 2.20. The number of rotatable bonds is 4. The molecular formula is C19H19N5. The fourth-order valence-electron chi connectivity index (χ4n) is 3.32. The third kappa shape index (κ3) is 2.63. The summed E-state index contributed by atoms with van der Waals surface area (Å²) in [6.07, 6.45) is 6.76. The van der Waals surface area contributed by atoms with Crippen LogP contribution in [0.2, 0.25) is 0 Å². The summed E-state index contributed by atoms with van der Waals surface area (Å²) < 4.78 is 0. The topological polar surface area (TPSA) is 57.7 Å². The fraction of sp³-hybridized carbons (Fsp3) is 0.211. The van der Waals surface area contributed by atoms with Crippen LogP contribution in [0, 0.1) is 0 Å². The highest BCUT2D eigenvalue weighted by atomic mass is 15.5.